The molecule has 2 aromatic rings. The Labute approximate surface area is 140 Å². The lowest BCUT2D eigenvalue weighted by molar-refractivity contribution is -0.361. The first-order chi connectivity index (χ1) is 11.2. The normalized spacial score (nSPS) is 11.0. The molecule has 0 unspecified atom stereocenters. The first-order valence-corrected chi connectivity index (χ1v) is 7.48. The number of hydrogen-bond donors (Lipinski definition) is 3. The summed E-state index contributed by atoms with van der Waals surface area (Å²) >= 11 is 0. The monoisotopic (exact) mass is 329 g/mol. The highest BCUT2D eigenvalue weighted by molar-refractivity contribution is 5.99. The molecule has 4 N–H and O–H groups in total. The molecule has 0 fully saturated rings. The molecule has 0 saturated carbocycles. The van der Waals surface area contributed by atoms with Crippen LogP contribution < -0.4 is 15.6 Å². The van der Waals surface area contributed by atoms with Crippen LogP contribution in [0.1, 0.15) is 36.7 Å². The lowest BCUT2D eigenvalue weighted by Crippen LogP contribution is -2.32. The second kappa shape index (κ2) is 6.66. The minimum Gasteiger partial charge on any atom is -0.477 e. The Morgan fingerprint density at radius 2 is 1.92 bits per heavy atom. The topological polar surface area (TPSA) is 105 Å². The van der Waals surface area contributed by atoms with Gasteiger partial charge in [-0.1, -0.05) is 6.07 Å². The van der Waals surface area contributed by atoms with Gasteiger partial charge in [0.25, 0.3) is 5.82 Å². The minimum atomic E-state index is -1.07. The molecule has 0 amide bonds. The minimum absolute atomic E-state index is 0.0938. The highest BCUT2D eigenvalue weighted by Crippen LogP contribution is 2.29. The molecule has 0 radical (unpaired) electrons. The summed E-state index contributed by atoms with van der Waals surface area (Å²) in [7, 11) is 0. The van der Waals surface area contributed by atoms with Crippen molar-refractivity contribution in [1.29, 1.82) is 0 Å². The van der Waals surface area contributed by atoms with Gasteiger partial charge in [-0.15, -0.1) is 4.91 Å². The number of anilines is 3. The SMILES string of the molecule is Cc1ccc(N=O)cc1Nc1cc[nH+]c(NC(C)(C)C)c1C(=O)O. The van der Waals surface area contributed by atoms with E-state index in [0.717, 1.165) is 5.56 Å². The summed E-state index contributed by atoms with van der Waals surface area (Å²) in [5.41, 5.74) is 1.97. The number of hydrogen-bond acceptors (Lipinski definition) is 5. The standard InChI is InChI=1S/C17H20N4O3/c1-10-5-6-11(21-24)9-13(10)19-12-7-8-18-15(14(12)16(22)23)20-17(2,3)4/h5-9H,1-4H3,(H,22,23)(H2,18,19,20)/p+1. The molecule has 126 valence electrons. The number of carbonyl (C=O) groups is 1. The van der Waals surface area contributed by atoms with Gasteiger partial charge in [0.15, 0.2) is 5.56 Å². The van der Waals surface area contributed by atoms with Crippen LogP contribution in [0, 0.1) is 11.8 Å². The summed E-state index contributed by atoms with van der Waals surface area (Å²) in [6, 6.07) is 6.58. The number of carboxylic acids is 1. The molecule has 0 aliphatic rings. The van der Waals surface area contributed by atoms with Crippen molar-refractivity contribution >= 4 is 28.8 Å². The first-order valence-electron chi connectivity index (χ1n) is 7.48. The fourth-order valence-corrected chi connectivity index (χ4v) is 2.24. The Kier molecular flexibility index (Phi) is 4.82. The van der Waals surface area contributed by atoms with Crippen molar-refractivity contribution in [2.24, 2.45) is 5.18 Å². The number of aromatic nitrogens is 1. The second-order valence-electron chi connectivity index (χ2n) is 6.54. The number of aromatic amines is 1. The summed E-state index contributed by atoms with van der Waals surface area (Å²) < 4.78 is 0. The Morgan fingerprint density at radius 3 is 2.50 bits per heavy atom. The van der Waals surface area contributed by atoms with Crippen molar-refractivity contribution in [3.05, 3.63) is 46.5 Å². The number of nitroso groups, excluding NO2 is 1. The number of carboxylic acid groups (broad SMARTS) is 1. The number of pyridine rings is 1. The van der Waals surface area contributed by atoms with Gasteiger partial charge in [0, 0.05) is 11.8 Å². The number of nitrogens with zero attached hydrogens (tertiary/aromatic N) is 1. The summed E-state index contributed by atoms with van der Waals surface area (Å²) in [5, 5.41) is 18.8. The van der Waals surface area contributed by atoms with Crippen molar-refractivity contribution in [1.82, 2.24) is 0 Å². The summed E-state index contributed by atoms with van der Waals surface area (Å²) in [4.78, 5) is 25.4. The molecule has 7 heteroatoms. The Bertz CT molecular complexity index is 782. The van der Waals surface area contributed by atoms with Crippen LogP contribution in [0.5, 0.6) is 0 Å². The molecular formula is C17H21N4O3+. The van der Waals surface area contributed by atoms with Crippen LogP contribution in [0.3, 0.4) is 0 Å². The van der Waals surface area contributed by atoms with Gasteiger partial charge in [-0.25, -0.2) is 9.78 Å². The molecule has 0 bridgehead atoms. The summed E-state index contributed by atoms with van der Waals surface area (Å²) in [6.45, 7) is 7.68. The zero-order chi connectivity index (χ0) is 17.9. The molecule has 1 aromatic heterocycles. The number of benzene rings is 1. The van der Waals surface area contributed by atoms with E-state index >= 15 is 0 Å². The van der Waals surface area contributed by atoms with Crippen LogP contribution in [0.25, 0.3) is 0 Å². The predicted octanol–water partition coefficient (Wildman–Crippen LogP) is 3.86. The van der Waals surface area contributed by atoms with Gasteiger partial charge in [-0.2, -0.15) is 0 Å². The quantitative estimate of drug-likeness (QED) is 0.722. The molecule has 7 nitrogen and oxygen atoms in total. The van der Waals surface area contributed by atoms with Crippen LogP contribution in [0.2, 0.25) is 0 Å². The molecule has 0 aliphatic heterocycles. The van der Waals surface area contributed by atoms with Gasteiger partial charge in [0.1, 0.15) is 5.69 Å². The number of H-pyrrole nitrogens is 1. The lowest BCUT2D eigenvalue weighted by Gasteiger charge is -2.18. The van der Waals surface area contributed by atoms with E-state index in [-0.39, 0.29) is 16.8 Å². The summed E-state index contributed by atoms with van der Waals surface area (Å²) in [6.07, 6.45) is 1.65. The third kappa shape index (κ3) is 4.07. The van der Waals surface area contributed by atoms with Gasteiger partial charge >= 0.3 is 5.97 Å². The highest BCUT2D eigenvalue weighted by Gasteiger charge is 2.26. The lowest BCUT2D eigenvalue weighted by atomic mass is 10.1. The molecule has 2 rings (SSSR count). The molecule has 0 spiro atoms. The Balaban J connectivity index is 2.49. The summed E-state index contributed by atoms with van der Waals surface area (Å²) in [5.74, 6) is -0.661. The van der Waals surface area contributed by atoms with Crippen LogP contribution in [0.15, 0.2) is 35.6 Å². The molecular weight excluding hydrogens is 308 g/mol. The third-order valence-electron chi connectivity index (χ3n) is 3.31. The van der Waals surface area contributed by atoms with Crippen molar-refractivity contribution in [3.8, 4) is 0 Å². The van der Waals surface area contributed by atoms with E-state index in [2.05, 4.69) is 20.8 Å². The zero-order valence-electron chi connectivity index (χ0n) is 14.1. The van der Waals surface area contributed by atoms with E-state index in [1.165, 1.54) is 0 Å². The van der Waals surface area contributed by atoms with Crippen molar-refractivity contribution < 1.29 is 14.9 Å². The van der Waals surface area contributed by atoms with E-state index in [4.69, 9.17) is 0 Å². The number of aromatic carboxylic acids is 1. The molecule has 1 aromatic carbocycles. The van der Waals surface area contributed by atoms with Crippen LogP contribution >= 0.6 is 0 Å². The van der Waals surface area contributed by atoms with E-state index in [9.17, 15) is 14.8 Å². The van der Waals surface area contributed by atoms with Crippen molar-refractivity contribution in [2.75, 3.05) is 10.6 Å². The van der Waals surface area contributed by atoms with E-state index in [1.807, 2.05) is 27.7 Å². The maximum Gasteiger partial charge on any atom is 0.346 e. The van der Waals surface area contributed by atoms with Crippen molar-refractivity contribution in [3.63, 3.8) is 0 Å². The highest BCUT2D eigenvalue weighted by atomic mass is 16.4. The van der Waals surface area contributed by atoms with Crippen LogP contribution in [-0.2, 0) is 0 Å². The molecule has 24 heavy (non-hydrogen) atoms. The Morgan fingerprint density at radius 1 is 1.21 bits per heavy atom. The van der Waals surface area contributed by atoms with Crippen LogP contribution in [-0.4, -0.2) is 16.6 Å². The number of aryl methyl sites for hydroxylation is 1. The van der Waals surface area contributed by atoms with Crippen molar-refractivity contribution in [2.45, 2.75) is 33.2 Å². The van der Waals surface area contributed by atoms with Gasteiger partial charge in [-0.3, -0.25) is 5.32 Å². The van der Waals surface area contributed by atoms with E-state index in [1.54, 1.807) is 30.5 Å². The predicted molar refractivity (Wildman–Crippen MR) is 93.2 cm³/mol. The Hall–Kier alpha value is -2.96. The smallest absolute Gasteiger partial charge is 0.346 e. The van der Waals surface area contributed by atoms with Crippen LogP contribution in [0.4, 0.5) is 22.9 Å². The first kappa shape index (κ1) is 17.4. The third-order valence-corrected chi connectivity index (χ3v) is 3.31. The van der Waals surface area contributed by atoms with E-state index < -0.39 is 5.97 Å². The maximum atomic E-state index is 11.8. The number of rotatable bonds is 5. The zero-order valence-corrected chi connectivity index (χ0v) is 14.1. The molecule has 0 saturated heterocycles. The second-order valence-corrected chi connectivity index (χ2v) is 6.54. The average Bonchev–Trinajstić information content (AvgIpc) is 2.47. The molecule has 0 atom stereocenters. The maximum absolute atomic E-state index is 11.8. The van der Waals surface area contributed by atoms with E-state index in [0.29, 0.717) is 17.2 Å². The molecule has 1 heterocycles. The van der Waals surface area contributed by atoms with Gasteiger partial charge in [0.05, 0.1) is 17.4 Å². The fraction of sp³-hybridized carbons (Fsp3) is 0.294. The molecule has 0 aliphatic carbocycles. The number of nitrogens with one attached hydrogen (secondary N) is 3. The fourth-order valence-electron chi connectivity index (χ4n) is 2.24. The average molecular weight is 329 g/mol. The van der Waals surface area contributed by atoms with Gasteiger partial charge in [-0.05, 0) is 50.6 Å². The van der Waals surface area contributed by atoms with Gasteiger partial charge in [0.2, 0.25) is 0 Å². The van der Waals surface area contributed by atoms with Gasteiger partial charge < -0.3 is 10.4 Å². The largest absolute Gasteiger partial charge is 0.477 e.